The Morgan fingerprint density at radius 3 is 2.62 bits per heavy atom. The van der Waals surface area contributed by atoms with Gasteiger partial charge in [0, 0.05) is 12.5 Å². The first-order chi connectivity index (χ1) is 10.0. The van der Waals surface area contributed by atoms with Crippen LogP contribution in [0.2, 0.25) is 0 Å². The maximum atomic E-state index is 4.94. The summed E-state index contributed by atoms with van der Waals surface area (Å²) < 4.78 is 1.21. The van der Waals surface area contributed by atoms with Gasteiger partial charge in [-0.05, 0) is 66.5 Å². The van der Waals surface area contributed by atoms with Crippen LogP contribution in [0.3, 0.4) is 0 Å². The Balaban J connectivity index is 2.30. The molecule has 1 aliphatic carbocycles. The van der Waals surface area contributed by atoms with E-state index >= 15 is 0 Å². The van der Waals surface area contributed by atoms with E-state index in [-0.39, 0.29) is 0 Å². The van der Waals surface area contributed by atoms with Gasteiger partial charge in [0.25, 0.3) is 0 Å². The molecule has 21 heavy (non-hydrogen) atoms. The number of nitrogens with one attached hydrogen (secondary N) is 1. The van der Waals surface area contributed by atoms with Crippen molar-refractivity contribution >= 4 is 28.4 Å². The summed E-state index contributed by atoms with van der Waals surface area (Å²) in [7, 11) is 0. The molecule has 1 aromatic rings. The molecule has 0 aliphatic heterocycles. The Bertz CT molecular complexity index is 473. The third kappa shape index (κ3) is 4.54. The van der Waals surface area contributed by atoms with Crippen LogP contribution in [-0.2, 0) is 6.42 Å². The standard InChI is InChI=1S/C17H28IN3/c1-5-8-19-17-15(18)14(9-11(2)3)20-16(21-17)13-7-6-12(4)10-13/h11-13H,5-10H2,1-4H3,(H,19,20,21). The number of aromatic nitrogens is 2. The van der Waals surface area contributed by atoms with Crippen LogP contribution in [0.25, 0.3) is 0 Å². The van der Waals surface area contributed by atoms with Crippen molar-refractivity contribution in [3.63, 3.8) is 0 Å². The van der Waals surface area contributed by atoms with Crippen molar-refractivity contribution in [3.05, 3.63) is 15.1 Å². The molecule has 1 aromatic heterocycles. The van der Waals surface area contributed by atoms with Gasteiger partial charge in [-0.2, -0.15) is 0 Å². The van der Waals surface area contributed by atoms with Crippen molar-refractivity contribution in [2.24, 2.45) is 11.8 Å². The van der Waals surface area contributed by atoms with Crippen LogP contribution in [0, 0.1) is 15.4 Å². The van der Waals surface area contributed by atoms with Crippen molar-refractivity contribution in [3.8, 4) is 0 Å². The van der Waals surface area contributed by atoms with E-state index in [2.05, 4.69) is 55.6 Å². The summed E-state index contributed by atoms with van der Waals surface area (Å²) in [6.45, 7) is 10.0. The molecule has 2 unspecified atom stereocenters. The summed E-state index contributed by atoms with van der Waals surface area (Å²) in [5.41, 5.74) is 1.23. The van der Waals surface area contributed by atoms with Gasteiger partial charge in [-0.1, -0.05) is 27.7 Å². The number of hydrogen-bond acceptors (Lipinski definition) is 3. The smallest absolute Gasteiger partial charge is 0.143 e. The number of halogens is 1. The van der Waals surface area contributed by atoms with Crippen LogP contribution in [-0.4, -0.2) is 16.5 Å². The fraction of sp³-hybridized carbons (Fsp3) is 0.765. The van der Waals surface area contributed by atoms with Gasteiger partial charge in [-0.3, -0.25) is 0 Å². The predicted molar refractivity (Wildman–Crippen MR) is 97.8 cm³/mol. The molecule has 0 radical (unpaired) electrons. The zero-order valence-corrected chi connectivity index (χ0v) is 15.9. The minimum absolute atomic E-state index is 0.560. The Morgan fingerprint density at radius 2 is 2.05 bits per heavy atom. The molecule has 1 saturated carbocycles. The lowest BCUT2D eigenvalue weighted by molar-refractivity contribution is 0.577. The van der Waals surface area contributed by atoms with Gasteiger partial charge in [0.1, 0.15) is 11.6 Å². The lowest BCUT2D eigenvalue weighted by Crippen LogP contribution is -2.13. The van der Waals surface area contributed by atoms with Crippen LogP contribution >= 0.6 is 22.6 Å². The fourth-order valence-corrected chi connectivity index (χ4v) is 3.67. The zero-order chi connectivity index (χ0) is 15.4. The molecule has 0 spiro atoms. The minimum atomic E-state index is 0.560. The molecule has 118 valence electrons. The third-order valence-electron chi connectivity index (χ3n) is 4.14. The van der Waals surface area contributed by atoms with Gasteiger partial charge in [0.15, 0.2) is 0 Å². The highest BCUT2D eigenvalue weighted by Crippen LogP contribution is 2.37. The van der Waals surface area contributed by atoms with E-state index in [1.807, 2.05) is 0 Å². The lowest BCUT2D eigenvalue weighted by atomic mass is 10.0. The molecule has 2 atom stereocenters. The largest absolute Gasteiger partial charge is 0.369 e. The van der Waals surface area contributed by atoms with Crippen LogP contribution in [0.4, 0.5) is 5.82 Å². The van der Waals surface area contributed by atoms with Crippen molar-refractivity contribution in [2.75, 3.05) is 11.9 Å². The van der Waals surface area contributed by atoms with Crippen LogP contribution in [0.15, 0.2) is 0 Å². The van der Waals surface area contributed by atoms with Crippen molar-refractivity contribution in [2.45, 2.75) is 65.7 Å². The number of rotatable bonds is 6. The molecule has 1 N–H and O–H groups in total. The van der Waals surface area contributed by atoms with Crippen molar-refractivity contribution in [1.29, 1.82) is 0 Å². The molecule has 1 aliphatic rings. The maximum absolute atomic E-state index is 4.94. The Labute approximate surface area is 142 Å². The van der Waals surface area contributed by atoms with Gasteiger partial charge < -0.3 is 5.32 Å². The van der Waals surface area contributed by atoms with Crippen molar-refractivity contribution in [1.82, 2.24) is 9.97 Å². The van der Waals surface area contributed by atoms with Gasteiger partial charge in [-0.15, -0.1) is 0 Å². The first-order valence-electron chi connectivity index (χ1n) is 8.31. The topological polar surface area (TPSA) is 37.8 Å². The molecule has 1 heterocycles. The summed E-state index contributed by atoms with van der Waals surface area (Å²) in [5, 5.41) is 3.49. The summed E-state index contributed by atoms with van der Waals surface area (Å²) in [6.07, 6.45) is 5.97. The highest BCUT2D eigenvalue weighted by atomic mass is 127. The highest BCUT2D eigenvalue weighted by molar-refractivity contribution is 14.1. The molecular weight excluding hydrogens is 373 g/mol. The van der Waals surface area contributed by atoms with Gasteiger partial charge in [-0.25, -0.2) is 9.97 Å². The summed E-state index contributed by atoms with van der Waals surface area (Å²) in [5.74, 6) is 4.14. The van der Waals surface area contributed by atoms with Crippen molar-refractivity contribution < 1.29 is 0 Å². The third-order valence-corrected chi connectivity index (χ3v) is 5.27. The van der Waals surface area contributed by atoms with E-state index in [0.717, 1.165) is 36.9 Å². The van der Waals surface area contributed by atoms with E-state index < -0.39 is 0 Å². The van der Waals surface area contributed by atoms with E-state index in [0.29, 0.717) is 11.8 Å². The second-order valence-corrected chi connectivity index (χ2v) is 7.91. The molecule has 3 nitrogen and oxygen atoms in total. The number of anilines is 1. The predicted octanol–water partition coefficient (Wildman–Crippen LogP) is 5.01. The lowest BCUT2D eigenvalue weighted by Gasteiger charge is -2.16. The first-order valence-corrected chi connectivity index (χ1v) is 9.39. The Morgan fingerprint density at radius 1 is 1.29 bits per heavy atom. The number of hydrogen-bond donors (Lipinski definition) is 1. The van der Waals surface area contributed by atoms with E-state index in [4.69, 9.17) is 9.97 Å². The molecular formula is C17H28IN3. The van der Waals surface area contributed by atoms with Crippen LogP contribution in [0.1, 0.15) is 70.8 Å². The molecule has 0 saturated heterocycles. The normalized spacial score (nSPS) is 22.0. The van der Waals surface area contributed by atoms with Gasteiger partial charge in [0.2, 0.25) is 0 Å². The van der Waals surface area contributed by atoms with E-state index in [1.165, 1.54) is 28.5 Å². The molecule has 0 bridgehead atoms. The summed E-state index contributed by atoms with van der Waals surface area (Å²) in [6, 6.07) is 0. The van der Waals surface area contributed by atoms with Crippen LogP contribution < -0.4 is 5.32 Å². The molecule has 0 amide bonds. The minimum Gasteiger partial charge on any atom is -0.369 e. The van der Waals surface area contributed by atoms with Crippen LogP contribution in [0.5, 0.6) is 0 Å². The molecule has 4 heteroatoms. The summed E-state index contributed by atoms with van der Waals surface area (Å²) >= 11 is 2.41. The Hall–Kier alpha value is -0.390. The monoisotopic (exact) mass is 401 g/mol. The molecule has 0 aromatic carbocycles. The molecule has 1 fully saturated rings. The van der Waals surface area contributed by atoms with E-state index in [1.54, 1.807) is 0 Å². The second kappa shape index (κ2) is 7.75. The average molecular weight is 401 g/mol. The Kier molecular flexibility index (Phi) is 6.26. The highest BCUT2D eigenvalue weighted by Gasteiger charge is 2.26. The fourth-order valence-electron chi connectivity index (χ4n) is 3.02. The van der Waals surface area contributed by atoms with Gasteiger partial charge >= 0.3 is 0 Å². The average Bonchev–Trinajstić information content (AvgIpc) is 2.86. The zero-order valence-electron chi connectivity index (χ0n) is 13.7. The quantitative estimate of drug-likeness (QED) is 0.682. The van der Waals surface area contributed by atoms with Gasteiger partial charge in [0.05, 0.1) is 9.26 Å². The maximum Gasteiger partial charge on any atom is 0.143 e. The van der Waals surface area contributed by atoms with E-state index in [9.17, 15) is 0 Å². The number of nitrogens with zero attached hydrogens (tertiary/aromatic N) is 2. The first kappa shape index (κ1) is 17.0. The SMILES string of the molecule is CCCNc1nc(C2CCC(C)C2)nc(CC(C)C)c1I. The second-order valence-electron chi connectivity index (χ2n) is 6.83. The summed E-state index contributed by atoms with van der Waals surface area (Å²) in [4.78, 5) is 9.80. The molecule has 2 rings (SSSR count).